The summed E-state index contributed by atoms with van der Waals surface area (Å²) >= 11 is 1.26. The number of hydrogen-bond acceptors (Lipinski definition) is 5. The van der Waals surface area contributed by atoms with Crippen LogP contribution in [-0.4, -0.2) is 22.5 Å². The van der Waals surface area contributed by atoms with Gasteiger partial charge in [-0.05, 0) is 55.0 Å². The van der Waals surface area contributed by atoms with E-state index in [1.807, 2.05) is 0 Å². The standard InChI is InChI=1S/C22H18FN3O4S/c1-14-5-10-18(26(29)30)12-20(14)25-21(27)13-31-19-4-2-3-17(11-19)24-22(28)15-6-8-16(23)9-7-15/h2-12H,13H2,1H3,(H,24,28)(H,25,27). The molecule has 0 spiro atoms. The Morgan fingerprint density at radius 2 is 1.77 bits per heavy atom. The predicted molar refractivity (Wildman–Crippen MR) is 118 cm³/mol. The Bertz CT molecular complexity index is 1140. The second-order valence-corrected chi connectivity index (χ2v) is 7.63. The van der Waals surface area contributed by atoms with E-state index in [2.05, 4.69) is 10.6 Å². The highest BCUT2D eigenvalue weighted by molar-refractivity contribution is 8.00. The lowest BCUT2D eigenvalue weighted by molar-refractivity contribution is -0.384. The molecule has 0 unspecified atom stereocenters. The first-order valence-electron chi connectivity index (χ1n) is 9.16. The van der Waals surface area contributed by atoms with Crippen LogP contribution in [0.25, 0.3) is 0 Å². The van der Waals surface area contributed by atoms with Crippen molar-refractivity contribution in [2.45, 2.75) is 11.8 Å². The SMILES string of the molecule is Cc1ccc([N+](=O)[O-])cc1NC(=O)CSc1cccc(NC(=O)c2ccc(F)cc2)c1. The van der Waals surface area contributed by atoms with Crippen molar-refractivity contribution in [2.75, 3.05) is 16.4 Å². The van der Waals surface area contributed by atoms with E-state index < -0.39 is 10.7 Å². The third-order valence-electron chi connectivity index (χ3n) is 4.27. The lowest BCUT2D eigenvalue weighted by atomic mass is 10.2. The Morgan fingerprint density at radius 1 is 1.03 bits per heavy atom. The number of nitro benzene ring substituents is 1. The van der Waals surface area contributed by atoms with E-state index >= 15 is 0 Å². The number of nitro groups is 1. The Labute approximate surface area is 181 Å². The fourth-order valence-corrected chi connectivity index (χ4v) is 3.42. The second kappa shape index (κ2) is 9.86. The van der Waals surface area contributed by atoms with E-state index in [0.717, 1.165) is 10.5 Å². The highest BCUT2D eigenvalue weighted by Gasteiger charge is 2.12. The Balaban J connectivity index is 1.59. The van der Waals surface area contributed by atoms with E-state index in [1.54, 1.807) is 37.3 Å². The molecule has 2 amide bonds. The van der Waals surface area contributed by atoms with E-state index in [9.17, 15) is 24.1 Å². The van der Waals surface area contributed by atoms with Crippen molar-refractivity contribution in [1.82, 2.24) is 0 Å². The largest absolute Gasteiger partial charge is 0.325 e. The molecule has 3 aromatic rings. The quantitative estimate of drug-likeness (QED) is 0.306. The minimum atomic E-state index is -0.518. The van der Waals surface area contributed by atoms with Gasteiger partial charge in [0.25, 0.3) is 11.6 Å². The molecule has 0 saturated carbocycles. The number of aryl methyl sites for hydroxylation is 1. The number of hydrogen-bond donors (Lipinski definition) is 2. The molecule has 0 fully saturated rings. The smallest absolute Gasteiger partial charge is 0.271 e. The molecule has 7 nitrogen and oxygen atoms in total. The van der Waals surface area contributed by atoms with Crippen molar-refractivity contribution in [1.29, 1.82) is 0 Å². The van der Waals surface area contributed by atoms with Crippen molar-refractivity contribution < 1.29 is 18.9 Å². The zero-order chi connectivity index (χ0) is 22.4. The molecular weight excluding hydrogens is 421 g/mol. The van der Waals surface area contributed by atoms with Gasteiger partial charge in [-0.15, -0.1) is 11.8 Å². The van der Waals surface area contributed by atoms with Crippen LogP contribution in [0.1, 0.15) is 15.9 Å². The molecular formula is C22H18FN3O4S. The van der Waals surface area contributed by atoms with E-state index in [1.165, 1.54) is 48.2 Å². The van der Waals surface area contributed by atoms with Crippen LogP contribution in [-0.2, 0) is 4.79 Å². The maximum Gasteiger partial charge on any atom is 0.271 e. The number of benzene rings is 3. The number of nitrogens with one attached hydrogen (secondary N) is 2. The molecule has 3 aromatic carbocycles. The summed E-state index contributed by atoms with van der Waals surface area (Å²) in [6, 6.07) is 16.5. The Kier molecular flexibility index (Phi) is 6.99. The van der Waals surface area contributed by atoms with Crippen LogP contribution in [0.4, 0.5) is 21.5 Å². The summed E-state index contributed by atoms with van der Waals surface area (Å²) in [7, 11) is 0. The molecule has 0 heterocycles. The fourth-order valence-electron chi connectivity index (χ4n) is 2.66. The molecule has 9 heteroatoms. The lowest BCUT2D eigenvalue weighted by Gasteiger charge is -2.09. The van der Waals surface area contributed by atoms with E-state index in [-0.39, 0.29) is 23.3 Å². The van der Waals surface area contributed by atoms with Crippen molar-refractivity contribution in [3.05, 3.63) is 93.8 Å². The molecule has 0 atom stereocenters. The second-order valence-electron chi connectivity index (χ2n) is 6.58. The van der Waals surface area contributed by atoms with Gasteiger partial charge < -0.3 is 10.6 Å². The first-order valence-corrected chi connectivity index (χ1v) is 10.1. The topological polar surface area (TPSA) is 101 Å². The van der Waals surface area contributed by atoms with Crippen LogP contribution in [0.5, 0.6) is 0 Å². The molecule has 2 N–H and O–H groups in total. The van der Waals surface area contributed by atoms with E-state index in [0.29, 0.717) is 16.9 Å². The van der Waals surface area contributed by atoms with Crippen LogP contribution in [0.3, 0.4) is 0 Å². The maximum atomic E-state index is 13.0. The molecule has 0 bridgehead atoms. The number of amides is 2. The van der Waals surface area contributed by atoms with Crippen LogP contribution < -0.4 is 10.6 Å². The van der Waals surface area contributed by atoms with Crippen molar-refractivity contribution >= 4 is 40.6 Å². The number of thioether (sulfide) groups is 1. The van der Waals surface area contributed by atoms with Gasteiger partial charge in [-0.2, -0.15) is 0 Å². The van der Waals surface area contributed by atoms with Gasteiger partial charge in [0, 0.05) is 28.3 Å². The van der Waals surface area contributed by atoms with Crippen molar-refractivity contribution in [3.63, 3.8) is 0 Å². The average Bonchev–Trinajstić information content (AvgIpc) is 2.74. The third-order valence-corrected chi connectivity index (χ3v) is 5.27. The molecule has 0 saturated heterocycles. The van der Waals surface area contributed by atoms with Gasteiger partial charge in [0.15, 0.2) is 0 Å². The predicted octanol–water partition coefficient (Wildman–Crippen LogP) is 5.03. The minimum Gasteiger partial charge on any atom is -0.325 e. The number of carbonyl (C=O) groups excluding carboxylic acids is 2. The Morgan fingerprint density at radius 3 is 2.48 bits per heavy atom. The summed E-state index contributed by atoms with van der Waals surface area (Å²) in [6.07, 6.45) is 0. The van der Waals surface area contributed by atoms with Gasteiger partial charge in [-0.3, -0.25) is 19.7 Å². The molecule has 0 aliphatic heterocycles. The summed E-state index contributed by atoms with van der Waals surface area (Å²) in [5.74, 6) is -1.03. The number of carbonyl (C=O) groups is 2. The third kappa shape index (κ3) is 6.13. The number of halogens is 1. The van der Waals surface area contributed by atoms with E-state index in [4.69, 9.17) is 0 Å². The van der Waals surface area contributed by atoms with Crippen molar-refractivity contribution in [2.24, 2.45) is 0 Å². The number of anilines is 2. The normalized spacial score (nSPS) is 10.4. The summed E-state index contributed by atoms with van der Waals surface area (Å²) in [6.45, 7) is 1.75. The maximum absolute atomic E-state index is 13.0. The molecule has 0 aliphatic carbocycles. The molecule has 0 aliphatic rings. The molecule has 0 radical (unpaired) electrons. The summed E-state index contributed by atoms with van der Waals surface area (Å²) in [5.41, 5.74) is 1.87. The molecule has 0 aromatic heterocycles. The molecule has 3 rings (SSSR count). The van der Waals surface area contributed by atoms with Gasteiger partial charge in [0.2, 0.25) is 5.91 Å². The summed E-state index contributed by atoms with van der Waals surface area (Å²) in [4.78, 5) is 35.7. The zero-order valence-corrected chi connectivity index (χ0v) is 17.2. The highest BCUT2D eigenvalue weighted by atomic mass is 32.2. The average molecular weight is 439 g/mol. The minimum absolute atomic E-state index is 0.0808. The molecule has 158 valence electrons. The monoisotopic (exact) mass is 439 g/mol. The molecule has 31 heavy (non-hydrogen) atoms. The fraction of sp³-hybridized carbons (Fsp3) is 0.0909. The van der Waals surface area contributed by atoms with Crippen molar-refractivity contribution in [3.8, 4) is 0 Å². The zero-order valence-electron chi connectivity index (χ0n) is 16.4. The van der Waals surface area contributed by atoms with Gasteiger partial charge in [0.05, 0.1) is 16.4 Å². The summed E-state index contributed by atoms with van der Waals surface area (Å²) in [5, 5.41) is 16.3. The van der Waals surface area contributed by atoms with Gasteiger partial charge in [0.1, 0.15) is 5.82 Å². The van der Waals surface area contributed by atoms with Gasteiger partial charge in [-0.1, -0.05) is 12.1 Å². The number of rotatable bonds is 7. The van der Waals surface area contributed by atoms with Crippen LogP contribution in [0.15, 0.2) is 71.6 Å². The first-order chi connectivity index (χ1) is 14.8. The Hall–Kier alpha value is -3.72. The number of non-ortho nitro benzene ring substituents is 1. The highest BCUT2D eigenvalue weighted by Crippen LogP contribution is 2.24. The van der Waals surface area contributed by atoms with Crippen LogP contribution in [0.2, 0.25) is 0 Å². The first kappa shape index (κ1) is 22.0. The number of nitrogens with zero attached hydrogens (tertiary/aromatic N) is 1. The van der Waals surface area contributed by atoms with Crippen LogP contribution >= 0.6 is 11.8 Å². The van der Waals surface area contributed by atoms with Gasteiger partial charge in [-0.25, -0.2) is 4.39 Å². The van der Waals surface area contributed by atoms with Gasteiger partial charge >= 0.3 is 0 Å². The lowest BCUT2D eigenvalue weighted by Crippen LogP contribution is -2.15. The summed E-state index contributed by atoms with van der Waals surface area (Å²) < 4.78 is 13.0. The van der Waals surface area contributed by atoms with Crippen LogP contribution in [0, 0.1) is 22.9 Å².